The molecule has 4 aliphatic carbocycles. The predicted octanol–water partition coefficient (Wildman–Crippen LogP) is 4.95. The molecule has 4 bridgehead atoms. The minimum Gasteiger partial charge on any atom is -0.340 e. The molecule has 1 aromatic carbocycles. The smallest absolute Gasteiger partial charge is 0.224 e. The molecular formula is C25H28N6O. The number of nitrogens with zero attached hydrogens (tertiary/aromatic N) is 4. The summed E-state index contributed by atoms with van der Waals surface area (Å²) in [5, 5.41) is 6.43. The highest BCUT2D eigenvalue weighted by molar-refractivity contribution is 5.91. The fraction of sp³-hybridized carbons (Fsp3) is 0.440. The lowest BCUT2D eigenvalue weighted by atomic mass is 9.49. The number of benzene rings is 1. The molecule has 1 amide bonds. The monoisotopic (exact) mass is 428 g/mol. The zero-order valence-electron chi connectivity index (χ0n) is 18.1. The average molecular weight is 429 g/mol. The molecule has 7 heteroatoms. The van der Waals surface area contributed by atoms with Crippen LogP contribution in [0.1, 0.15) is 44.9 Å². The second kappa shape index (κ2) is 7.73. The van der Waals surface area contributed by atoms with E-state index in [9.17, 15) is 4.79 Å². The quantitative estimate of drug-likeness (QED) is 0.580. The molecule has 3 aromatic rings. The molecular weight excluding hydrogens is 400 g/mol. The van der Waals surface area contributed by atoms with Gasteiger partial charge < -0.3 is 10.6 Å². The number of hydrogen-bond acceptors (Lipinski definition) is 5. The van der Waals surface area contributed by atoms with Crippen molar-refractivity contribution in [3.05, 3.63) is 55.4 Å². The molecule has 4 aliphatic rings. The Bertz CT molecular complexity index is 1070. The van der Waals surface area contributed by atoms with Crippen molar-refractivity contribution >= 4 is 23.1 Å². The van der Waals surface area contributed by atoms with Crippen LogP contribution in [0.4, 0.5) is 17.2 Å². The van der Waals surface area contributed by atoms with Crippen LogP contribution in [0, 0.1) is 23.2 Å². The van der Waals surface area contributed by atoms with E-state index >= 15 is 0 Å². The summed E-state index contributed by atoms with van der Waals surface area (Å²) < 4.78 is 1.83. The van der Waals surface area contributed by atoms with Crippen molar-refractivity contribution in [1.82, 2.24) is 19.5 Å². The van der Waals surface area contributed by atoms with E-state index in [1.54, 1.807) is 12.5 Å². The van der Waals surface area contributed by atoms with Crippen molar-refractivity contribution in [3.8, 4) is 5.82 Å². The van der Waals surface area contributed by atoms with Crippen LogP contribution in [0.5, 0.6) is 0 Å². The number of imidazole rings is 1. The molecule has 0 aliphatic heterocycles. The van der Waals surface area contributed by atoms with Crippen LogP contribution in [0.15, 0.2) is 55.4 Å². The Kier molecular flexibility index (Phi) is 4.70. The van der Waals surface area contributed by atoms with Gasteiger partial charge in [-0.15, -0.1) is 0 Å². The molecule has 7 nitrogen and oxygen atoms in total. The number of carbonyl (C=O) groups is 1. The third-order valence-electron chi connectivity index (χ3n) is 7.56. The highest BCUT2D eigenvalue weighted by Gasteiger charge is 2.51. The molecule has 164 valence electrons. The van der Waals surface area contributed by atoms with Crippen LogP contribution in [0.2, 0.25) is 0 Å². The fourth-order valence-electron chi connectivity index (χ4n) is 6.79. The third-order valence-corrected chi connectivity index (χ3v) is 7.56. The largest absolute Gasteiger partial charge is 0.340 e. The second-order valence-corrected chi connectivity index (χ2v) is 10.1. The highest BCUT2D eigenvalue weighted by atomic mass is 16.1. The van der Waals surface area contributed by atoms with E-state index in [4.69, 9.17) is 0 Å². The van der Waals surface area contributed by atoms with E-state index in [1.807, 2.05) is 41.1 Å². The third kappa shape index (κ3) is 3.87. The molecule has 32 heavy (non-hydrogen) atoms. The van der Waals surface area contributed by atoms with Gasteiger partial charge in [0.25, 0.3) is 0 Å². The maximum Gasteiger partial charge on any atom is 0.224 e. The van der Waals surface area contributed by atoms with Gasteiger partial charge in [-0.1, -0.05) is 0 Å². The predicted molar refractivity (Wildman–Crippen MR) is 123 cm³/mol. The Hall–Kier alpha value is -3.22. The summed E-state index contributed by atoms with van der Waals surface area (Å²) >= 11 is 0. The van der Waals surface area contributed by atoms with Gasteiger partial charge in [-0.05, 0) is 86.0 Å². The first-order valence-electron chi connectivity index (χ1n) is 11.6. The molecule has 0 unspecified atom stereocenters. The zero-order chi connectivity index (χ0) is 21.5. The van der Waals surface area contributed by atoms with Crippen molar-refractivity contribution in [2.24, 2.45) is 23.2 Å². The van der Waals surface area contributed by atoms with Gasteiger partial charge in [0.1, 0.15) is 24.3 Å². The lowest BCUT2D eigenvalue weighted by Crippen LogP contribution is -2.47. The summed E-state index contributed by atoms with van der Waals surface area (Å²) in [5.41, 5.74) is 2.01. The summed E-state index contributed by atoms with van der Waals surface area (Å²) in [4.78, 5) is 25.5. The van der Waals surface area contributed by atoms with Crippen molar-refractivity contribution in [1.29, 1.82) is 0 Å². The summed E-state index contributed by atoms with van der Waals surface area (Å²) in [6, 6.07) is 9.66. The topological polar surface area (TPSA) is 84.7 Å². The van der Waals surface area contributed by atoms with Crippen molar-refractivity contribution in [3.63, 3.8) is 0 Å². The van der Waals surface area contributed by atoms with Crippen LogP contribution < -0.4 is 10.6 Å². The molecule has 4 fully saturated rings. The van der Waals surface area contributed by atoms with Crippen molar-refractivity contribution < 1.29 is 4.79 Å². The van der Waals surface area contributed by atoms with Crippen LogP contribution >= 0.6 is 0 Å². The maximum atomic E-state index is 12.9. The SMILES string of the molecule is O=C(CC12CC3CC(CC(C3)C1)C2)Nc1ccc(Nc2cc(-n3ccnc3)ncn2)cc1. The molecule has 0 atom stereocenters. The van der Waals surface area contributed by atoms with Gasteiger partial charge in [0, 0.05) is 36.3 Å². The first kappa shape index (κ1) is 19.5. The summed E-state index contributed by atoms with van der Waals surface area (Å²) in [6.45, 7) is 0. The Morgan fingerprint density at radius 1 is 1.00 bits per heavy atom. The average Bonchev–Trinajstić information content (AvgIpc) is 3.29. The molecule has 0 saturated heterocycles. The van der Waals surface area contributed by atoms with E-state index < -0.39 is 0 Å². The number of carbonyl (C=O) groups excluding carboxylic acids is 1. The minimum absolute atomic E-state index is 0.161. The highest BCUT2D eigenvalue weighted by Crippen LogP contribution is 2.61. The second-order valence-electron chi connectivity index (χ2n) is 10.1. The Morgan fingerprint density at radius 3 is 2.34 bits per heavy atom. The van der Waals surface area contributed by atoms with Gasteiger partial charge in [0.05, 0.1) is 0 Å². The molecule has 2 N–H and O–H groups in total. The van der Waals surface area contributed by atoms with Gasteiger partial charge in [-0.2, -0.15) is 0 Å². The Labute approximate surface area is 187 Å². The van der Waals surface area contributed by atoms with Gasteiger partial charge >= 0.3 is 0 Å². The molecule has 2 heterocycles. The van der Waals surface area contributed by atoms with E-state index in [2.05, 4.69) is 25.6 Å². The maximum absolute atomic E-state index is 12.9. The first-order chi connectivity index (χ1) is 15.6. The van der Waals surface area contributed by atoms with Gasteiger partial charge in [-0.3, -0.25) is 9.36 Å². The van der Waals surface area contributed by atoms with Gasteiger partial charge in [0.2, 0.25) is 5.91 Å². The van der Waals surface area contributed by atoms with E-state index in [0.29, 0.717) is 12.2 Å². The van der Waals surface area contributed by atoms with Gasteiger partial charge in [-0.25, -0.2) is 15.0 Å². The summed E-state index contributed by atoms with van der Waals surface area (Å²) in [6.07, 6.45) is 15.5. The fourth-order valence-corrected chi connectivity index (χ4v) is 6.79. The van der Waals surface area contributed by atoms with Crippen LogP contribution in [-0.4, -0.2) is 25.4 Å². The zero-order valence-corrected chi connectivity index (χ0v) is 18.1. The number of rotatable bonds is 6. The molecule has 0 spiro atoms. The van der Waals surface area contributed by atoms with Gasteiger partial charge in [0.15, 0.2) is 0 Å². The van der Waals surface area contributed by atoms with Crippen molar-refractivity contribution in [2.75, 3.05) is 10.6 Å². The molecule has 4 saturated carbocycles. The number of hydrogen-bond donors (Lipinski definition) is 2. The van der Waals surface area contributed by atoms with Crippen LogP contribution in [0.3, 0.4) is 0 Å². The number of aromatic nitrogens is 4. The van der Waals surface area contributed by atoms with Crippen LogP contribution in [-0.2, 0) is 4.79 Å². The summed E-state index contributed by atoms with van der Waals surface area (Å²) in [5.74, 6) is 4.21. The molecule has 2 aromatic heterocycles. The molecule has 7 rings (SSSR count). The van der Waals surface area contributed by atoms with E-state index in [1.165, 1.54) is 44.9 Å². The van der Waals surface area contributed by atoms with Crippen molar-refractivity contribution in [2.45, 2.75) is 44.9 Å². The lowest BCUT2D eigenvalue weighted by Gasteiger charge is -2.56. The minimum atomic E-state index is 0.161. The normalized spacial score (nSPS) is 27.9. The number of anilines is 3. The Balaban J connectivity index is 1.08. The number of amides is 1. The lowest BCUT2D eigenvalue weighted by molar-refractivity contribution is -0.124. The number of nitrogens with one attached hydrogen (secondary N) is 2. The van der Waals surface area contributed by atoms with Crippen LogP contribution in [0.25, 0.3) is 5.82 Å². The summed E-state index contributed by atoms with van der Waals surface area (Å²) in [7, 11) is 0. The van der Waals surface area contributed by atoms with E-state index in [0.717, 1.165) is 34.9 Å². The molecule has 0 radical (unpaired) electrons. The first-order valence-corrected chi connectivity index (χ1v) is 11.6. The standard InChI is InChI=1S/C25H28N6O/c32-24(14-25-11-17-7-18(12-25)9-19(8-17)13-25)30-21-3-1-20(2-4-21)29-22-10-23(28-15-27-22)31-6-5-26-16-31/h1-6,10,15-19H,7-9,11-14H2,(H,30,32)(H,27,28,29). The Morgan fingerprint density at radius 2 is 1.69 bits per heavy atom. The van der Waals surface area contributed by atoms with E-state index in [-0.39, 0.29) is 11.3 Å².